The van der Waals surface area contributed by atoms with Crippen molar-refractivity contribution in [3.63, 3.8) is 0 Å². The van der Waals surface area contributed by atoms with Crippen molar-refractivity contribution < 1.29 is 13.6 Å². The van der Waals surface area contributed by atoms with Crippen molar-refractivity contribution in [1.82, 2.24) is 35.0 Å². The third-order valence-electron chi connectivity index (χ3n) is 5.22. The maximum Gasteiger partial charge on any atom is 0.256 e. The minimum absolute atomic E-state index is 0.0469. The number of aromatic nitrogens is 6. The average molecular weight is 491 g/mol. The van der Waals surface area contributed by atoms with Crippen LogP contribution < -0.4 is 20.7 Å². The van der Waals surface area contributed by atoms with Gasteiger partial charge in [-0.15, -0.1) is 0 Å². The predicted molar refractivity (Wildman–Crippen MR) is 138 cm³/mol. The van der Waals surface area contributed by atoms with Gasteiger partial charge in [-0.25, -0.2) is 15.0 Å². The van der Waals surface area contributed by atoms with E-state index in [-0.39, 0.29) is 22.7 Å². The van der Waals surface area contributed by atoms with Gasteiger partial charge in [-0.2, -0.15) is 10.1 Å². The smallest absolute Gasteiger partial charge is 0.256 e. The number of carbonyl (C=O) groups is 1. The van der Waals surface area contributed by atoms with E-state index in [1.807, 2.05) is 17.4 Å². The number of hydrogen-bond donors (Lipinski definition) is 3. The summed E-state index contributed by atoms with van der Waals surface area (Å²) in [6, 6.07) is 10.9. The summed E-state index contributed by atoms with van der Waals surface area (Å²) in [5.74, 6) is 0.660. The molecule has 0 bridgehead atoms. The number of methoxy groups -OCH3 is 1. The van der Waals surface area contributed by atoms with Gasteiger partial charge in [0.05, 0.1) is 18.4 Å². The lowest BCUT2D eigenvalue weighted by molar-refractivity contribution is 0.0963. The zero-order chi connectivity index (χ0) is 28.4. The summed E-state index contributed by atoms with van der Waals surface area (Å²) in [5, 5.41) is 12.5. The van der Waals surface area contributed by atoms with Gasteiger partial charge in [-0.05, 0) is 24.3 Å². The van der Waals surface area contributed by atoms with Crippen LogP contribution in [0.15, 0.2) is 48.9 Å². The number of aryl methyl sites for hydroxylation is 1. The largest absolute Gasteiger partial charge is 0.494 e. The Bertz CT molecular complexity index is 1500. The highest BCUT2D eigenvalue weighted by Crippen LogP contribution is 2.36. The third-order valence-corrected chi connectivity index (χ3v) is 5.22. The molecule has 0 aliphatic carbocycles. The van der Waals surface area contributed by atoms with Gasteiger partial charge in [0.25, 0.3) is 5.91 Å². The number of amides is 1. The molecule has 0 radical (unpaired) electrons. The first-order valence-electron chi connectivity index (χ1n) is 12.6. The number of benzene rings is 1. The Labute approximate surface area is 213 Å². The molecule has 0 atom stereocenters. The molecule has 11 heteroatoms. The summed E-state index contributed by atoms with van der Waals surface area (Å²) in [6.07, 6.45) is 2.81. The van der Waals surface area contributed by atoms with Crippen molar-refractivity contribution in [1.29, 1.82) is 0 Å². The van der Waals surface area contributed by atoms with Crippen molar-refractivity contribution >= 4 is 29.2 Å². The van der Waals surface area contributed by atoms with Crippen molar-refractivity contribution in [2.75, 3.05) is 24.7 Å². The van der Waals surface area contributed by atoms with Gasteiger partial charge in [0, 0.05) is 35.4 Å². The highest BCUT2D eigenvalue weighted by Gasteiger charge is 2.20. The standard InChI is InChI=1S/C25H29N9O2/c1-25(2,3)18-11-8-12-19(30-18)31-24-27-13-16(23(35)26-4)22(32-24)29-17-10-7-9-15(20(17)36-6)21-28-14-34(5)33-21/h7-14H,1-6H3,(H,26,35)(H2,27,29,30,31,32)/i4D3. The molecular weight excluding hydrogens is 458 g/mol. The molecule has 0 spiro atoms. The Balaban J connectivity index is 1.75. The summed E-state index contributed by atoms with van der Waals surface area (Å²) < 4.78 is 29.5. The number of ether oxygens (including phenoxy) is 1. The summed E-state index contributed by atoms with van der Waals surface area (Å²) in [7, 11) is 3.25. The first-order chi connectivity index (χ1) is 18.3. The number of pyridine rings is 1. The summed E-state index contributed by atoms with van der Waals surface area (Å²) >= 11 is 0. The van der Waals surface area contributed by atoms with Crippen LogP contribution in [0.3, 0.4) is 0 Å². The van der Waals surface area contributed by atoms with E-state index < -0.39 is 12.9 Å². The summed E-state index contributed by atoms with van der Waals surface area (Å²) in [5.41, 5.74) is 1.66. The normalized spacial score (nSPS) is 12.8. The van der Waals surface area contributed by atoms with E-state index in [2.05, 4.69) is 56.4 Å². The van der Waals surface area contributed by atoms with Crippen molar-refractivity contribution in [2.24, 2.45) is 7.05 Å². The topological polar surface area (TPSA) is 132 Å². The van der Waals surface area contributed by atoms with Gasteiger partial charge < -0.3 is 20.7 Å². The maximum atomic E-state index is 12.9. The second-order valence-corrected chi connectivity index (χ2v) is 8.95. The zero-order valence-electron chi connectivity index (χ0n) is 23.6. The SMILES string of the molecule is [2H]C([2H])([2H])NC(=O)c1cnc(Nc2cccc(C(C)(C)C)n2)nc1Nc1cccc(-c2ncn(C)n2)c1OC. The average Bonchev–Trinajstić information content (AvgIpc) is 3.28. The predicted octanol–water partition coefficient (Wildman–Crippen LogP) is 3.82. The van der Waals surface area contributed by atoms with Crippen LogP contribution in [-0.4, -0.2) is 49.7 Å². The quantitative estimate of drug-likeness (QED) is 0.354. The maximum absolute atomic E-state index is 12.9. The molecular formula is C25H29N9O2. The molecule has 1 aromatic carbocycles. The molecule has 36 heavy (non-hydrogen) atoms. The van der Waals surface area contributed by atoms with E-state index in [9.17, 15) is 4.79 Å². The molecule has 0 saturated heterocycles. The van der Waals surface area contributed by atoms with Crippen molar-refractivity contribution in [3.05, 3.63) is 60.2 Å². The zero-order valence-corrected chi connectivity index (χ0v) is 20.6. The molecule has 0 saturated carbocycles. The van der Waals surface area contributed by atoms with Gasteiger partial charge in [-0.1, -0.05) is 32.9 Å². The molecule has 0 fully saturated rings. The monoisotopic (exact) mass is 490 g/mol. The molecule has 3 N–H and O–H groups in total. The minimum Gasteiger partial charge on any atom is -0.494 e. The fourth-order valence-electron chi connectivity index (χ4n) is 3.43. The summed E-state index contributed by atoms with van der Waals surface area (Å²) in [6.45, 7) is 3.46. The first-order valence-corrected chi connectivity index (χ1v) is 11.1. The van der Waals surface area contributed by atoms with E-state index in [4.69, 9.17) is 8.85 Å². The van der Waals surface area contributed by atoms with Crippen LogP contribution in [0.1, 0.15) is 40.9 Å². The Morgan fingerprint density at radius 1 is 1.08 bits per heavy atom. The van der Waals surface area contributed by atoms with Gasteiger partial charge >= 0.3 is 0 Å². The highest BCUT2D eigenvalue weighted by molar-refractivity contribution is 5.99. The number of nitrogens with zero attached hydrogens (tertiary/aromatic N) is 6. The fraction of sp³-hybridized carbons (Fsp3) is 0.280. The lowest BCUT2D eigenvalue weighted by atomic mass is 9.92. The molecule has 0 aliphatic rings. The lowest BCUT2D eigenvalue weighted by Gasteiger charge is -2.18. The van der Waals surface area contributed by atoms with Crippen LogP contribution in [0.5, 0.6) is 5.75 Å². The number of rotatable bonds is 7. The molecule has 3 heterocycles. The fourth-order valence-corrected chi connectivity index (χ4v) is 3.43. The number of carbonyl (C=O) groups excluding carboxylic acids is 1. The molecule has 4 rings (SSSR count). The van der Waals surface area contributed by atoms with Crippen LogP contribution in [-0.2, 0) is 12.5 Å². The second-order valence-electron chi connectivity index (χ2n) is 8.95. The van der Waals surface area contributed by atoms with Gasteiger partial charge in [0.1, 0.15) is 23.5 Å². The molecule has 186 valence electrons. The number of nitrogens with one attached hydrogen (secondary N) is 3. The summed E-state index contributed by atoms with van der Waals surface area (Å²) in [4.78, 5) is 30.5. The Kier molecular flexibility index (Phi) is 5.77. The van der Waals surface area contributed by atoms with Crippen molar-refractivity contribution in [2.45, 2.75) is 26.2 Å². The van der Waals surface area contributed by atoms with E-state index in [1.165, 1.54) is 13.3 Å². The van der Waals surface area contributed by atoms with E-state index in [0.717, 1.165) is 5.69 Å². The Morgan fingerprint density at radius 3 is 2.58 bits per heavy atom. The van der Waals surface area contributed by atoms with Crippen molar-refractivity contribution in [3.8, 4) is 17.1 Å². The molecule has 0 aliphatic heterocycles. The number of hydrogen-bond acceptors (Lipinski definition) is 9. The second kappa shape index (κ2) is 9.98. The third kappa shape index (κ3) is 5.24. The van der Waals surface area contributed by atoms with Crippen LogP contribution in [0.4, 0.5) is 23.3 Å². The van der Waals surface area contributed by atoms with Crippen LogP contribution in [0.25, 0.3) is 11.4 Å². The van der Waals surface area contributed by atoms with E-state index in [1.54, 1.807) is 42.3 Å². The van der Waals surface area contributed by atoms with Crippen LogP contribution >= 0.6 is 0 Å². The number of para-hydroxylation sites is 1. The molecule has 11 nitrogen and oxygen atoms in total. The minimum atomic E-state index is -2.70. The molecule has 3 aromatic heterocycles. The molecule has 0 unspecified atom stereocenters. The molecule has 4 aromatic rings. The Hall–Kier alpha value is -4.54. The molecule has 1 amide bonds. The number of anilines is 4. The van der Waals surface area contributed by atoms with Gasteiger partial charge in [0.15, 0.2) is 11.6 Å². The highest BCUT2D eigenvalue weighted by atomic mass is 16.5. The van der Waals surface area contributed by atoms with Crippen LogP contribution in [0, 0.1) is 0 Å². The van der Waals surface area contributed by atoms with E-state index in [0.29, 0.717) is 28.6 Å². The van der Waals surface area contributed by atoms with Crippen LogP contribution in [0.2, 0.25) is 0 Å². The first kappa shape index (κ1) is 20.8. The lowest BCUT2D eigenvalue weighted by Crippen LogP contribution is -2.20. The van der Waals surface area contributed by atoms with E-state index >= 15 is 0 Å². The van der Waals surface area contributed by atoms with Gasteiger partial charge in [-0.3, -0.25) is 9.48 Å². The van der Waals surface area contributed by atoms with Gasteiger partial charge in [0.2, 0.25) is 5.95 Å². The Morgan fingerprint density at radius 2 is 1.89 bits per heavy atom.